The number of amides is 1. The van der Waals surface area contributed by atoms with Crippen molar-refractivity contribution in [3.63, 3.8) is 0 Å². The quantitative estimate of drug-likeness (QED) is 0.822. The Labute approximate surface area is 98.8 Å². The van der Waals surface area contributed by atoms with E-state index < -0.39 is 6.10 Å². The first-order valence-corrected chi connectivity index (χ1v) is 5.15. The topological polar surface area (TPSA) is 79.5 Å². The van der Waals surface area contributed by atoms with E-state index in [0.717, 1.165) is 0 Å². The van der Waals surface area contributed by atoms with E-state index in [1.54, 1.807) is 14.0 Å². The largest absolute Gasteiger partial charge is 0.392 e. The molecule has 0 saturated carbocycles. The maximum Gasteiger partial charge on any atom is 0.273 e. The van der Waals surface area contributed by atoms with Crippen LogP contribution in [0.3, 0.4) is 0 Å². The third-order valence-corrected chi connectivity index (χ3v) is 2.26. The molecule has 16 heavy (non-hydrogen) atoms. The number of carbonyl (C=O) groups is 1. The molecule has 0 aliphatic heterocycles. The molecule has 6 heteroatoms. The van der Waals surface area contributed by atoms with Crippen LogP contribution in [0.15, 0.2) is 12.1 Å². The summed E-state index contributed by atoms with van der Waals surface area (Å²) in [7, 11) is 1.57. The third kappa shape index (κ3) is 3.08. The number of pyridine rings is 1. The maximum atomic E-state index is 11.9. The number of halogens is 1. The molecule has 1 aromatic heterocycles. The van der Waals surface area contributed by atoms with Crippen LogP contribution in [0.4, 0.5) is 5.82 Å². The van der Waals surface area contributed by atoms with E-state index in [9.17, 15) is 9.90 Å². The molecule has 0 bridgehead atoms. The Morgan fingerprint density at radius 2 is 2.31 bits per heavy atom. The second-order valence-electron chi connectivity index (χ2n) is 3.60. The van der Waals surface area contributed by atoms with Crippen molar-refractivity contribution in [1.29, 1.82) is 0 Å². The molecule has 1 atom stereocenters. The van der Waals surface area contributed by atoms with Crippen LogP contribution in [0.2, 0.25) is 5.02 Å². The van der Waals surface area contributed by atoms with Crippen LogP contribution >= 0.6 is 11.6 Å². The van der Waals surface area contributed by atoms with E-state index in [2.05, 4.69) is 4.98 Å². The molecule has 88 valence electrons. The van der Waals surface area contributed by atoms with Crippen molar-refractivity contribution >= 4 is 23.3 Å². The summed E-state index contributed by atoms with van der Waals surface area (Å²) in [4.78, 5) is 17.1. The van der Waals surface area contributed by atoms with Crippen molar-refractivity contribution in [2.24, 2.45) is 0 Å². The number of aliphatic hydroxyl groups is 1. The van der Waals surface area contributed by atoms with Gasteiger partial charge in [-0.2, -0.15) is 0 Å². The molecule has 1 rings (SSSR count). The number of rotatable bonds is 3. The van der Waals surface area contributed by atoms with Crippen LogP contribution in [0.5, 0.6) is 0 Å². The molecule has 1 heterocycles. The Morgan fingerprint density at radius 1 is 1.69 bits per heavy atom. The Hall–Kier alpha value is -1.33. The van der Waals surface area contributed by atoms with Crippen LogP contribution in [0.1, 0.15) is 17.4 Å². The fraction of sp³-hybridized carbons (Fsp3) is 0.400. The summed E-state index contributed by atoms with van der Waals surface area (Å²) < 4.78 is 0. The van der Waals surface area contributed by atoms with E-state index in [-0.39, 0.29) is 29.0 Å². The Morgan fingerprint density at radius 3 is 2.88 bits per heavy atom. The number of nitrogens with zero attached hydrogens (tertiary/aromatic N) is 2. The molecule has 5 nitrogen and oxygen atoms in total. The van der Waals surface area contributed by atoms with Crippen molar-refractivity contribution in [3.8, 4) is 0 Å². The van der Waals surface area contributed by atoms with Gasteiger partial charge in [0.25, 0.3) is 5.91 Å². The molecule has 0 saturated heterocycles. The maximum absolute atomic E-state index is 11.9. The van der Waals surface area contributed by atoms with Crippen molar-refractivity contribution in [3.05, 3.63) is 22.8 Å². The summed E-state index contributed by atoms with van der Waals surface area (Å²) in [5.74, 6) is -0.128. The minimum absolute atomic E-state index is 0.102. The SMILES string of the molecule is CC(O)CN(C)C(=O)c1nc(N)ccc1Cl. The van der Waals surface area contributed by atoms with Gasteiger partial charge in [-0.15, -0.1) is 0 Å². The second-order valence-corrected chi connectivity index (χ2v) is 4.01. The van der Waals surface area contributed by atoms with E-state index in [0.29, 0.717) is 0 Å². The molecule has 0 aliphatic carbocycles. The van der Waals surface area contributed by atoms with Gasteiger partial charge in [0.15, 0.2) is 0 Å². The van der Waals surface area contributed by atoms with E-state index >= 15 is 0 Å². The van der Waals surface area contributed by atoms with Gasteiger partial charge in [-0.25, -0.2) is 4.98 Å². The van der Waals surface area contributed by atoms with Gasteiger partial charge in [-0.1, -0.05) is 11.6 Å². The molecule has 1 unspecified atom stereocenters. The zero-order valence-corrected chi connectivity index (χ0v) is 9.90. The summed E-state index contributed by atoms with van der Waals surface area (Å²) in [5, 5.41) is 9.42. The lowest BCUT2D eigenvalue weighted by atomic mass is 10.3. The average Bonchev–Trinajstić information content (AvgIpc) is 2.19. The van der Waals surface area contributed by atoms with Gasteiger partial charge in [-0.3, -0.25) is 4.79 Å². The zero-order chi connectivity index (χ0) is 12.3. The van der Waals surface area contributed by atoms with Crippen molar-refractivity contribution in [2.75, 3.05) is 19.3 Å². The molecular formula is C10H14ClN3O2. The highest BCUT2D eigenvalue weighted by atomic mass is 35.5. The molecule has 0 fully saturated rings. The summed E-state index contributed by atoms with van der Waals surface area (Å²) in [6.07, 6.45) is -0.603. The predicted molar refractivity (Wildman–Crippen MR) is 62.3 cm³/mol. The number of hydrogen-bond acceptors (Lipinski definition) is 4. The van der Waals surface area contributed by atoms with Gasteiger partial charge in [0.1, 0.15) is 11.5 Å². The Kier molecular flexibility index (Phi) is 4.09. The minimum Gasteiger partial charge on any atom is -0.392 e. The second kappa shape index (κ2) is 5.14. The van der Waals surface area contributed by atoms with Crippen LogP contribution in [-0.2, 0) is 0 Å². The molecule has 1 amide bonds. The summed E-state index contributed by atoms with van der Waals surface area (Å²) in [6, 6.07) is 3.04. The van der Waals surface area contributed by atoms with Gasteiger partial charge in [-0.05, 0) is 19.1 Å². The summed E-state index contributed by atoms with van der Waals surface area (Å²) in [6.45, 7) is 1.81. The molecule has 0 spiro atoms. The molecule has 3 N–H and O–H groups in total. The number of carbonyl (C=O) groups excluding carboxylic acids is 1. The van der Waals surface area contributed by atoms with Crippen LogP contribution in [0.25, 0.3) is 0 Å². The van der Waals surface area contributed by atoms with Gasteiger partial charge >= 0.3 is 0 Å². The van der Waals surface area contributed by atoms with Crippen molar-refractivity contribution < 1.29 is 9.90 Å². The molecule has 1 aromatic rings. The monoisotopic (exact) mass is 243 g/mol. The zero-order valence-electron chi connectivity index (χ0n) is 9.14. The molecule has 0 radical (unpaired) electrons. The summed E-state index contributed by atoms with van der Waals surface area (Å²) >= 11 is 5.84. The normalized spacial score (nSPS) is 12.2. The Balaban J connectivity index is 2.91. The van der Waals surface area contributed by atoms with Crippen LogP contribution < -0.4 is 5.73 Å². The fourth-order valence-corrected chi connectivity index (χ4v) is 1.45. The molecular weight excluding hydrogens is 230 g/mol. The standard InChI is InChI=1S/C10H14ClN3O2/c1-6(15)5-14(2)10(16)9-7(11)3-4-8(12)13-9/h3-4,6,15H,5H2,1-2H3,(H2,12,13). The number of aliphatic hydroxyl groups excluding tert-OH is 1. The molecule has 0 aromatic carbocycles. The number of nitrogens with two attached hydrogens (primary N) is 1. The van der Waals surface area contributed by atoms with Crippen LogP contribution in [-0.4, -0.2) is 40.6 Å². The number of likely N-dealkylation sites (N-methyl/N-ethyl adjacent to an activating group) is 1. The highest BCUT2D eigenvalue weighted by molar-refractivity contribution is 6.33. The lowest BCUT2D eigenvalue weighted by Gasteiger charge is -2.18. The van der Waals surface area contributed by atoms with Crippen molar-refractivity contribution in [1.82, 2.24) is 9.88 Å². The van der Waals surface area contributed by atoms with Gasteiger partial charge < -0.3 is 15.7 Å². The van der Waals surface area contributed by atoms with Gasteiger partial charge in [0, 0.05) is 13.6 Å². The highest BCUT2D eigenvalue weighted by Crippen LogP contribution is 2.16. The van der Waals surface area contributed by atoms with E-state index in [1.165, 1.54) is 17.0 Å². The number of anilines is 1. The van der Waals surface area contributed by atoms with E-state index in [1.807, 2.05) is 0 Å². The third-order valence-electron chi connectivity index (χ3n) is 1.95. The summed E-state index contributed by atoms with van der Waals surface area (Å²) in [5.41, 5.74) is 5.58. The highest BCUT2D eigenvalue weighted by Gasteiger charge is 2.18. The smallest absolute Gasteiger partial charge is 0.273 e. The Bertz CT molecular complexity index is 396. The minimum atomic E-state index is -0.603. The van der Waals surface area contributed by atoms with Crippen molar-refractivity contribution in [2.45, 2.75) is 13.0 Å². The number of nitrogen functional groups attached to an aromatic ring is 1. The lowest BCUT2D eigenvalue weighted by Crippen LogP contribution is -2.33. The first-order chi connectivity index (χ1) is 7.41. The van der Waals surface area contributed by atoms with Gasteiger partial charge in [0.05, 0.1) is 11.1 Å². The first kappa shape index (κ1) is 12.7. The number of aromatic nitrogens is 1. The van der Waals surface area contributed by atoms with E-state index in [4.69, 9.17) is 17.3 Å². The average molecular weight is 244 g/mol. The molecule has 0 aliphatic rings. The lowest BCUT2D eigenvalue weighted by molar-refractivity contribution is 0.0698. The van der Waals surface area contributed by atoms with Gasteiger partial charge in [0.2, 0.25) is 0 Å². The fourth-order valence-electron chi connectivity index (χ4n) is 1.27. The number of hydrogen-bond donors (Lipinski definition) is 2. The first-order valence-electron chi connectivity index (χ1n) is 4.77. The predicted octanol–water partition coefficient (Wildman–Crippen LogP) is 0.770. The van der Waals surface area contributed by atoms with Crippen LogP contribution in [0, 0.1) is 0 Å².